The third kappa shape index (κ3) is 2.51. The highest BCUT2D eigenvalue weighted by atomic mass is 35.5. The first-order chi connectivity index (χ1) is 9.72. The lowest BCUT2D eigenvalue weighted by Gasteiger charge is -2.10. The highest BCUT2D eigenvalue weighted by Gasteiger charge is 2.14. The molecule has 20 heavy (non-hydrogen) atoms. The van der Waals surface area contributed by atoms with E-state index in [0.29, 0.717) is 5.82 Å². The molecule has 3 aromatic rings. The van der Waals surface area contributed by atoms with Gasteiger partial charge in [0.25, 0.3) is 5.95 Å². The molecule has 11 nitrogen and oxygen atoms in total. The zero-order valence-corrected chi connectivity index (χ0v) is 10.9. The van der Waals surface area contributed by atoms with Gasteiger partial charge < -0.3 is 5.32 Å². The summed E-state index contributed by atoms with van der Waals surface area (Å²) in [4.78, 5) is 15.9. The minimum atomic E-state index is -0.254. The van der Waals surface area contributed by atoms with Crippen LogP contribution in [0.2, 0.25) is 5.28 Å². The van der Waals surface area contributed by atoms with Gasteiger partial charge in [0.15, 0.2) is 5.82 Å². The van der Waals surface area contributed by atoms with Crippen LogP contribution < -0.4 is 5.32 Å². The lowest BCUT2D eigenvalue weighted by Crippen LogP contribution is -2.13. The number of hydrogen-bond donors (Lipinski definition) is 2. The highest BCUT2D eigenvalue weighted by Crippen LogP contribution is 2.14. The number of anilines is 1. The van der Waals surface area contributed by atoms with Crippen LogP contribution in [0.25, 0.3) is 5.95 Å². The zero-order valence-electron chi connectivity index (χ0n) is 10.1. The number of aromatic amines is 1. The van der Waals surface area contributed by atoms with Crippen molar-refractivity contribution < 1.29 is 0 Å². The maximum Gasteiger partial charge on any atom is 0.258 e. The molecule has 102 valence electrons. The predicted molar refractivity (Wildman–Crippen MR) is 66.0 cm³/mol. The molecule has 3 rings (SSSR count). The van der Waals surface area contributed by atoms with Crippen molar-refractivity contribution in [1.29, 1.82) is 0 Å². The molecule has 0 aromatic carbocycles. The number of tetrazole rings is 1. The molecule has 0 aliphatic heterocycles. The third-order valence-corrected chi connectivity index (χ3v) is 2.48. The summed E-state index contributed by atoms with van der Waals surface area (Å²) < 4.78 is 1.37. The van der Waals surface area contributed by atoms with Crippen molar-refractivity contribution in [2.75, 3.05) is 5.32 Å². The molecular formula is C8H8ClN11. The molecule has 0 spiro atoms. The maximum absolute atomic E-state index is 5.86. The molecule has 0 amide bonds. The van der Waals surface area contributed by atoms with E-state index in [9.17, 15) is 0 Å². The van der Waals surface area contributed by atoms with Gasteiger partial charge in [0, 0.05) is 0 Å². The Morgan fingerprint density at radius 3 is 2.95 bits per heavy atom. The molecule has 0 aliphatic rings. The topological polar surface area (TPSA) is 136 Å². The van der Waals surface area contributed by atoms with Gasteiger partial charge in [-0.3, -0.25) is 0 Å². The van der Waals surface area contributed by atoms with Crippen LogP contribution in [0.4, 0.5) is 5.95 Å². The molecule has 1 unspecified atom stereocenters. The fourth-order valence-electron chi connectivity index (χ4n) is 1.43. The molecule has 12 heteroatoms. The Morgan fingerprint density at radius 2 is 2.25 bits per heavy atom. The molecule has 3 aromatic heterocycles. The van der Waals surface area contributed by atoms with Gasteiger partial charge in [0.2, 0.25) is 11.2 Å². The molecule has 3 heterocycles. The molecule has 0 saturated heterocycles. The average molecular weight is 294 g/mol. The lowest BCUT2D eigenvalue weighted by atomic mass is 10.3. The van der Waals surface area contributed by atoms with E-state index in [0.717, 1.165) is 0 Å². The average Bonchev–Trinajstić information content (AvgIpc) is 3.12. The number of rotatable bonds is 4. The van der Waals surface area contributed by atoms with Gasteiger partial charge in [0.05, 0.1) is 6.04 Å². The second kappa shape index (κ2) is 5.13. The van der Waals surface area contributed by atoms with E-state index < -0.39 is 0 Å². The SMILES string of the molecule is CC(Nc1nc(Cl)nc(-n2cncn2)n1)c1nn[nH]n1. The van der Waals surface area contributed by atoms with Gasteiger partial charge in [-0.2, -0.15) is 29.9 Å². The van der Waals surface area contributed by atoms with Gasteiger partial charge in [0.1, 0.15) is 12.7 Å². The standard InChI is InChI=1S/C8H8ClN11/c1-4(5-16-18-19-17-5)12-7-13-6(9)14-8(15-7)20-3-10-2-11-20/h2-4H,1H3,(H,12,13,14,15)(H,16,17,18,19). The van der Waals surface area contributed by atoms with Crippen molar-refractivity contribution in [1.82, 2.24) is 50.3 Å². The second-order valence-corrected chi connectivity index (χ2v) is 4.04. The predicted octanol–water partition coefficient (Wildman–Crippen LogP) is -0.208. The molecule has 0 fully saturated rings. The fourth-order valence-corrected chi connectivity index (χ4v) is 1.58. The van der Waals surface area contributed by atoms with Crippen molar-refractivity contribution in [3.05, 3.63) is 23.8 Å². The fraction of sp³-hybridized carbons (Fsp3) is 0.250. The van der Waals surface area contributed by atoms with Crippen LogP contribution in [-0.4, -0.2) is 50.3 Å². The molecule has 0 aliphatic carbocycles. The quantitative estimate of drug-likeness (QED) is 0.669. The Balaban J connectivity index is 1.87. The van der Waals surface area contributed by atoms with Crippen molar-refractivity contribution in [2.24, 2.45) is 0 Å². The summed E-state index contributed by atoms with van der Waals surface area (Å²) in [6, 6.07) is -0.254. The van der Waals surface area contributed by atoms with Crippen molar-refractivity contribution in [3.8, 4) is 5.95 Å². The van der Waals surface area contributed by atoms with Crippen molar-refractivity contribution >= 4 is 17.5 Å². The van der Waals surface area contributed by atoms with Crippen LogP contribution in [0.3, 0.4) is 0 Å². The summed E-state index contributed by atoms with van der Waals surface area (Å²) >= 11 is 5.86. The number of halogens is 1. The molecule has 0 radical (unpaired) electrons. The Bertz CT molecular complexity index is 679. The van der Waals surface area contributed by atoms with E-state index in [1.807, 2.05) is 6.92 Å². The summed E-state index contributed by atoms with van der Waals surface area (Å²) in [5.74, 6) is 1.00. The van der Waals surface area contributed by atoms with Crippen molar-refractivity contribution in [3.63, 3.8) is 0 Å². The van der Waals surface area contributed by atoms with Crippen LogP contribution in [0.5, 0.6) is 0 Å². The van der Waals surface area contributed by atoms with E-state index in [4.69, 9.17) is 11.6 Å². The largest absolute Gasteiger partial charge is 0.344 e. The summed E-state index contributed by atoms with van der Waals surface area (Å²) in [5, 5.41) is 20.5. The molecular weight excluding hydrogens is 286 g/mol. The van der Waals surface area contributed by atoms with Crippen LogP contribution in [0.1, 0.15) is 18.8 Å². The number of nitrogens with one attached hydrogen (secondary N) is 2. The first-order valence-corrected chi connectivity index (χ1v) is 5.86. The Labute approximate surface area is 116 Å². The Kier molecular flexibility index (Phi) is 3.16. The molecule has 0 saturated carbocycles. The lowest BCUT2D eigenvalue weighted by molar-refractivity contribution is 0.758. The summed E-state index contributed by atoms with van der Waals surface area (Å²) in [6.45, 7) is 1.83. The number of H-pyrrole nitrogens is 1. The van der Waals surface area contributed by atoms with E-state index in [-0.39, 0.29) is 23.2 Å². The molecule has 0 bridgehead atoms. The summed E-state index contributed by atoms with van der Waals surface area (Å²) in [5.41, 5.74) is 0. The minimum Gasteiger partial charge on any atom is -0.344 e. The van der Waals surface area contributed by atoms with Gasteiger partial charge in [-0.25, -0.2) is 4.98 Å². The van der Waals surface area contributed by atoms with E-state index in [1.54, 1.807) is 0 Å². The van der Waals surface area contributed by atoms with E-state index >= 15 is 0 Å². The van der Waals surface area contributed by atoms with Crippen LogP contribution in [0.15, 0.2) is 12.7 Å². The Hall–Kier alpha value is -2.69. The van der Waals surface area contributed by atoms with Crippen molar-refractivity contribution in [2.45, 2.75) is 13.0 Å². The van der Waals surface area contributed by atoms with Gasteiger partial charge >= 0.3 is 0 Å². The van der Waals surface area contributed by atoms with Crippen LogP contribution >= 0.6 is 11.6 Å². The minimum absolute atomic E-state index is 0.0355. The third-order valence-electron chi connectivity index (χ3n) is 2.31. The monoisotopic (exact) mass is 293 g/mol. The number of nitrogens with zero attached hydrogens (tertiary/aromatic N) is 9. The van der Waals surface area contributed by atoms with Gasteiger partial charge in [-0.05, 0) is 18.5 Å². The molecule has 2 N–H and O–H groups in total. The zero-order chi connectivity index (χ0) is 13.9. The van der Waals surface area contributed by atoms with E-state index in [1.165, 1.54) is 17.3 Å². The smallest absolute Gasteiger partial charge is 0.258 e. The number of aromatic nitrogens is 10. The maximum atomic E-state index is 5.86. The van der Waals surface area contributed by atoms with E-state index in [2.05, 4.69) is 51.0 Å². The van der Waals surface area contributed by atoms with Crippen LogP contribution in [-0.2, 0) is 0 Å². The first kappa shape index (κ1) is 12.3. The van der Waals surface area contributed by atoms with Gasteiger partial charge in [-0.1, -0.05) is 5.21 Å². The second-order valence-electron chi connectivity index (χ2n) is 3.70. The molecule has 1 atom stereocenters. The normalized spacial score (nSPS) is 12.3. The first-order valence-electron chi connectivity index (χ1n) is 5.49. The van der Waals surface area contributed by atoms with Gasteiger partial charge in [-0.15, -0.1) is 10.2 Å². The van der Waals surface area contributed by atoms with Crippen LogP contribution in [0, 0.1) is 0 Å². The highest BCUT2D eigenvalue weighted by molar-refractivity contribution is 6.28. The number of hydrogen-bond acceptors (Lipinski definition) is 9. The summed E-state index contributed by atoms with van der Waals surface area (Å²) in [6.07, 6.45) is 2.82. The Morgan fingerprint density at radius 1 is 1.35 bits per heavy atom. The summed E-state index contributed by atoms with van der Waals surface area (Å²) in [7, 11) is 0.